The summed E-state index contributed by atoms with van der Waals surface area (Å²) < 4.78 is 5.76. The predicted octanol–water partition coefficient (Wildman–Crippen LogP) is 4.41. The first-order valence-corrected chi connectivity index (χ1v) is 14.7. The van der Waals surface area contributed by atoms with Crippen LogP contribution >= 0.6 is 0 Å². The molecule has 1 unspecified atom stereocenters. The highest BCUT2D eigenvalue weighted by atomic mass is 16.5. The zero-order valence-corrected chi connectivity index (χ0v) is 24.3. The summed E-state index contributed by atoms with van der Waals surface area (Å²) in [5.74, 6) is -0.312. The van der Waals surface area contributed by atoms with Crippen LogP contribution < -0.4 is 16.4 Å². The van der Waals surface area contributed by atoms with Crippen molar-refractivity contribution in [3.05, 3.63) is 77.4 Å². The van der Waals surface area contributed by atoms with E-state index in [4.69, 9.17) is 10.5 Å². The lowest BCUT2D eigenvalue weighted by Gasteiger charge is -2.26. The van der Waals surface area contributed by atoms with E-state index in [1.807, 2.05) is 32.9 Å². The van der Waals surface area contributed by atoms with E-state index in [-0.39, 0.29) is 11.5 Å². The number of carbonyl (C=O) groups excluding carboxylic acids is 2. The number of benzene rings is 2. The molecular weight excluding hydrogens is 500 g/mol. The Balaban J connectivity index is 1.22. The van der Waals surface area contributed by atoms with Gasteiger partial charge in [0.1, 0.15) is 6.04 Å². The van der Waals surface area contributed by atoms with Crippen molar-refractivity contribution in [3.63, 3.8) is 0 Å². The molecule has 0 aromatic heterocycles. The van der Waals surface area contributed by atoms with E-state index in [1.165, 1.54) is 16.7 Å². The van der Waals surface area contributed by atoms with E-state index in [9.17, 15) is 9.59 Å². The Labute approximate surface area is 239 Å². The van der Waals surface area contributed by atoms with Crippen LogP contribution in [-0.2, 0) is 27.3 Å². The van der Waals surface area contributed by atoms with E-state index in [0.29, 0.717) is 31.5 Å². The van der Waals surface area contributed by atoms with Crippen molar-refractivity contribution < 1.29 is 14.3 Å². The van der Waals surface area contributed by atoms with Crippen LogP contribution in [0.5, 0.6) is 0 Å². The van der Waals surface area contributed by atoms with Crippen LogP contribution in [0.4, 0.5) is 0 Å². The van der Waals surface area contributed by atoms with Crippen molar-refractivity contribution in [3.8, 4) is 0 Å². The van der Waals surface area contributed by atoms with Gasteiger partial charge in [0.05, 0.1) is 12.3 Å². The quantitative estimate of drug-likeness (QED) is 0.343. The number of hydrogen-bond acceptors (Lipinski definition) is 5. The molecule has 7 nitrogen and oxygen atoms in total. The summed E-state index contributed by atoms with van der Waals surface area (Å²) in [4.78, 5) is 27.4. The fourth-order valence-corrected chi connectivity index (χ4v) is 5.61. The van der Waals surface area contributed by atoms with Gasteiger partial charge >= 0.3 is 0 Å². The van der Waals surface area contributed by atoms with Crippen LogP contribution in [0.3, 0.4) is 0 Å². The van der Waals surface area contributed by atoms with Crippen LogP contribution in [0.1, 0.15) is 69.6 Å². The molecule has 0 spiro atoms. The zero-order chi connectivity index (χ0) is 28.5. The van der Waals surface area contributed by atoms with Gasteiger partial charge in [0.15, 0.2) is 0 Å². The number of carbonyl (C=O) groups is 2. The molecule has 216 valence electrons. The molecule has 2 aromatic carbocycles. The Morgan fingerprint density at radius 2 is 1.80 bits per heavy atom. The fourth-order valence-electron chi connectivity index (χ4n) is 5.61. The Morgan fingerprint density at radius 3 is 2.45 bits per heavy atom. The molecule has 2 aliphatic rings. The maximum atomic E-state index is 12.8. The van der Waals surface area contributed by atoms with E-state index in [2.05, 4.69) is 64.1 Å². The first kappa shape index (κ1) is 30.0. The van der Waals surface area contributed by atoms with Crippen molar-refractivity contribution in [2.24, 2.45) is 11.7 Å². The number of primary amides is 1. The largest absolute Gasteiger partial charge is 0.368 e. The molecule has 1 heterocycles. The molecule has 1 aliphatic heterocycles. The number of nitrogens with zero attached hydrogens (tertiary/aromatic N) is 1. The summed E-state index contributed by atoms with van der Waals surface area (Å²) >= 11 is 0. The zero-order valence-electron chi connectivity index (χ0n) is 24.3. The van der Waals surface area contributed by atoms with Gasteiger partial charge in [0.25, 0.3) is 0 Å². The van der Waals surface area contributed by atoms with Crippen molar-refractivity contribution in [2.75, 3.05) is 19.8 Å². The molecule has 0 saturated heterocycles. The minimum absolute atomic E-state index is 0.107. The standard InChI is InChI=1S/C33H46N4O3/c1-33(2,3)40-23-35-29-14-11-26(19-29)21-31(38)36-30(32(34)39)20-24-9-12-27(13-10-24)28-15-17-37(18-16-28)22-25-7-5-4-6-8-25/h4-10,12-13,15,26,29-30,35H,11,14,16-23H2,1-3H3,(H2,34,39)(H,36,38)/t26-,29+,30?/m0/s1. The first-order valence-electron chi connectivity index (χ1n) is 14.7. The number of ether oxygens (including phenoxy) is 1. The molecule has 1 aliphatic carbocycles. The van der Waals surface area contributed by atoms with E-state index in [1.54, 1.807) is 0 Å². The summed E-state index contributed by atoms with van der Waals surface area (Å²) in [6.07, 6.45) is 7.08. The minimum atomic E-state index is -0.714. The Hall–Kier alpha value is -3.00. The Bertz CT molecular complexity index is 1140. The van der Waals surface area contributed by atoms with Gasteiger partial charge in [0.2, 0.25) is 11.8 Å². The smallest absolute Gasteiger partial charge is 0.240 e. The van der Waals surface area contributed by atoms with E-state index >= 15 is 0 Å². The molecule has 4 N–H and O–H groups in total. The van der Waals surface area contributed by atoms with Gasteiger partial charge in [0, 0.05) is 38.5 Å². The Morgan fingerprint density at radius 1 is 1.05 bits per heavy atom. The third-order valence-electron chi connectivity index (χ3n) is 7.88. The van der Waals surface area contributed by atoms with E-state index < -0.39 is 11.9 Å². The number of nitrogens with two attached hydrogens (primary N) is 1. The molecule has 1 saturated carbocycles. The number of hydrogen-bond donors (Lipinski definition) is 3. The lowest BCUT2D eigenvalue weighted by molar-refractivity contribution is -0.127. The van der Waals surface area contributed by atoms with Crippen molar-refractivity contribution >= 4 is 17.4 Å². The molecule has 40 heavy (non-hydrogen) atoms. The number of rotatable bonds is 12. The molecule has 2 aromatic rings. The van der Waals surface area contributed by atoms with Gasteiger partial charge in [-0.15, -0.1) is 0 Å². The summed E-state index contributed by atoms with van der Waals surface area (Å²) in [5.41, 5.74) is 10.4. The highest BCUT2D eigenvalue weighted by Gasteiger charge is 2.28. The van der Waals surface area contributed by atoms with Crippen molar-refractivity contribution in [1.29, 1.82) is 0 Å². The maximum absolute atomic E-state index is 12.8. The topological polar surface area (TPSA) is 96.7 Å². The van der Waals surface area contributed by atoms with Gasteiger partial charge in [-0.3, -0.25) is 19.8 Å². The molecular formula is C33H46N4O3. The summed E-state index contributed by atoms with van der Waals surface area (Å²) in [5, 5.41) is 6.34. The number of nitrogens with one attached hydrogen (secondary N) is 2. The molecule has 7 heteroatoms. The monoisotopic (exact) mass is 546 g/mol. The van der Waals surface area contributed by atoms with Gasteiger partial charge < -0.3 is 15.8 Å². The fraction of sp³-hybridized carbons (Fsp3) is 0.515. The van der Waals surface area contributed by atoms with Gasteiger partial charge in [-0.05, 0) is 74.6 Å². The molecule has 0 radical (unpaired) electrons. The third-order valence-corrected chi connectivity index (χ3v) is 7.88. The van der Waals surface area contributed by atoms with Crippen molar-refractivity contribution in [1.82, 2.24) is 15.5 Å². The third kappa shape index (κ3) is 9.58. The normalized spacial score (nSPS) is 20.6. The lowest BCUT2D eigenvalue weighted by atomic mass is 9.96. The first-order chi connectivity index (χ1) is 19.1. The molecule has 4 rings (SSSR count). The van der Waals surface area contributed by atoms with Crippen LogP contribution in [0.25, 0.3) is 5.57 Å². The van der Waals surface area contributed by atoms with Crippen LogP contribution in [0.2, 0.25) is 0 Å². The average molecular weight is 547 g/mol. The summed E-state index contributed by atoms with van der Waals surface area (Å²) in [6.45, 7) is 9.55. The van der Waals surface area contributed by atoms with Crippen LogP contribution in [-0.4, -0.2) is 54.2 Å². The van der Waals surface area contributed by atoms with Crippen molar-refractivity contribution in [2.45, 2.75) is 83.5 Å². The highest BCUT2D eigenvalue weighted by molar-refractivity contribution is 5.87. The summed E-state index contributed by atoms with van der Waals surface area (Å²) in [6, 6.07) is 18.5. The summed E-state index contributed by atoms with van der Waals surface area (Å²) in [7, 11) is 0. The molecule has 1 fully saturated rings. The molecule has 3 atom stereocenters. The van der Waals surface area contributed by atoms with Gasteiger partial charge in [-0.1, -0.05) is 60.7 Å². The molecule has 2 amide bonds. The maximum Gasteiger partial charge on any atom is 0.240 e. The SMILES string of the molecule is CC(C)(C)OCN[C@@H]1CC[C@H](CC(=O)NC(Cc2ccc(C3=CCN(Cc4ccccc4)CC3)cc2)C(N)=O)C1. The second-order valence-electron chi connectivity index (χ2n) is 12.3. The van der Waals surface area contributed by atoms with Gasteiger partial charge in [-0.2, -0.15) is 0 Å². The van der Waals surface area contributed by atoms with E-state index in [0.717, 1.165) is 50.9 Å². The highest BCUT2D eigenvalue weighted by Crippen LogP contribution is 2.28. The lowest BCUT2D eigenvalue weighted by Crippen LogP contribution is -2.46. The minimum Gasteiger partial charge on any atom is -0.368 e. The van der Waals surface area contributed by atoms with Crippen LogP contribution in [0.15, 0.2) is 60.7 Å². The second kappa shape index (κ2) is 14.1. The molecule has 0 bridgehead atoms. The average Bonchev–Trinajstić information content (AvgIpc) is 3.36. The van der Waals surface area contributed by atoms with Gasteiger partial charge in [-0.25, -0.2) is 0 Å². The Kier molecular flexibility index (Phi) is 10.5. The number of amides is 2. The van der Waals surface area contributed by atoms with Crippen LogP contribution in [0, 0.1) is 5.92 Å². The predicted molar refractivity (Wildman–Crippen MR) is 160 cm³/mol. The second-order valence-corrected chi connectivity index (χ2v) is 12.3.